The van der Waals surface area contributed by atoms with Crippen molar-refractivity contribution in [3.8, 4) is 0 Å². The van der Waals surface area contributed by atoms with Crippen molar-refractivity contribution >= 4 is 23.3 Å². The number of aryl methyl sites for hydroxylation is 1. The van der Waals surface area contributed by atoms with Crippen LogP contribution in [0.1, 0.15) is 12.7 Å². The molecule has 0 fully saturated rings. The normalized spacial score (nSPS) is 11.3. The van der Waals surface area contributed by atoms with E-state index in [9.17, 15) is 4.39 Å². The minimum absolute atomic E-state index is 0.285. The molecular formula is C12H12FN5S. The van der Waals surface area contributed by atoms with E-state index < -0.39 is 0 Å². The van der Waals surface area contributed by atoms with Crippen LogP contribution < -0.4 is 0 Å². The van der Waals surface area contributed by atoms with E-state index in [2.05, 4.69) is 15.2 Å². The molecule has 0 bridgehead atoms. The van der Waals surface area contributed by atoms with Crippen LogP contribution in [0.25, 0.3) is 11.0 Å². The summed E-state index contributed by atoms with van der Waals surface area (Å²) in [5.41, 5.74) is 1.55. The van der Waals surface area contributed by atoms with Gasteiger partial charge in [0.1, 0.15) is 12.1 Å². The summed E-state index contributed by atoms with van der Waals surface area (Å²) in [6.45, 7) is 3.27. The van der Waals surface area contributed by atoms with Crippen LogP contribution >= 0.6 is 12.2 Å². The van der Waals surface area contributed by atoms with Gasteiger partial charge in [0.15, 0.2) is 10.6 Å². The Hall–Kier alpha value is -2.02. The number of H-pyrrole nitrogens is 1. The first kappa shape index (κ1) is 12.0. The molecule has 98 valence electrons. The van der Waals surface area contributed by atoms with Crippen LogP contribution in [0.15, 0.2) is 24.5 Å². The molecule has 19 heavy (non-hydrogen) atoms. The lowest BCUT2D eigenvalue weighted by Crippen LogP contribution is -2.07. The van der Waals surface area contributed by atoms with Gasteiger partial charge < -0.3 is 14.1 Å². The quantitative estimate of drug-likeness (QED) is 0.748. The average molecular weight is 277 g/mol. The second kappa shape index (κ2) is 4.58. The second-order valence-corrected chi connectivity index (χ2v) is 4.60. The molecule has 0 unspecified atom stereocenters. The van der Waals surface area contributed by atoms with Crippen molar-refractivity contribution in [2.75, 3.05) is 0 Å². The summed E-state index contributed by atoms with van der Waals surface area (Å²) in [6, 6.07) is 4.56. The molecule has 0 aliphatic rings. The van der Waals surface area contributed by atoms with Gasteiger partial charge in [0.05, 0.1) is 17.6 Å². The summed E-state index contributed by atoms with van der Waals surface area (Å²) in [5, 5.41) is 7.95. The maximum absolute atomic E-state index is 13.4. The van der Waals surface area contributed by atoms with E-state index >= 15 is 0 Å². The number of rotatable bonds is 3. The highest BCUT2D eigenvalue weighted by molar-refractivity contribution is 7.71. The monoisotopic (exact) mass is 277 g/mol. The molecule has 1 aromatic carbocycles. The number of imidazole rings is 1. The molecule has 2 heterocycles. The van der Waals surface area contributed by atoms with E-state index in [1.807, 2.05) is 16.1 Å². The zero-order valence-electron chi connectivity index (χ0n) is 10.3. The molecule has 5 nitrogen and oxygen atoms in total. The number of hydrogen-bond donors (Lipinski definition) is 1. The lowest BCUT2D eigenvalue weighted by molar-refractivity contribution is 0.626. The van der Waals surface area contributed by atoms with Gasteiger partial charge >= 0.3 is 0 Å². The summed E-state index contributed by atoms with van der Waals surface area (Å²) >= 11 is 5.28. The standard InChI is InChI=1S/C12H12FN5S/c1-2-17-7-14-16-11(17)6-18-10-5-8(13)3-4-9(10)15-12(18)19/h3-5,7H,2,6H2,1H3,(H,15,19). The van der Waals surface area contributed by atoms with Crippen molar-refractivity contribution in [3.05, 3.63) is 40.9 Å². The molecule has 0 radical (unpaired) electrons. The molecule has 0 saturated heterocycles. The SMILES string of the molecule is CCn1cnnc1Cn1c(=S)[nH]c2ccc(F)cc21. The fraction of sp³-hybridized carbons (Fsp3) is 0.250. The molecule has 0 atom stereocenters. The molecular weight excluding hydrogens is 265 g/mol. The Morgan fingerprint density at radius 1 is 1.42 bits per heavy atom. The number of hydrogen-bond acceptors (Lipinski definition) is 3. The van der Waals surface area contributed by atoms with Gasteiger partial charge in [-0.05, 0) is 37.3 Å². The van der Waals surface area contributed by atoms with Crippen molar-refractivity contribution in [1.29, 1.82) is 0 Å². The van der Waals surface area contributed by atoms with E-state index in [0.717, 1.165) is 23.4 Å². The first-order valence-electron chi connectivity index (χ1n) is 5.94. The lowest BCUT2D eigenvalue weighted by Gasteiger charge is -2.05. The largest absolute Gasteiger partial charge is 0.331 e. The Kier molecular flexibility index (Phi) is 2.90. The first-order valence-corrected chi connectivity index (χ1v) is 6.34. The molecule has 0 spiro atoms. The van der Waals surface area contributed by atoms with E-state index in [1.165, 1.54) is 12.1 Å². The Morgan fingerprint density at radius 3 is 3.05 bits per heavy atom. The number of benzene rings is 1. The molecule has 7 heteroatoms. The Bertz CT molecular complexity index is 785. The highest BCUT2D eigenvalue weighted by Gasteiger charge is 2.09. The van der Waals surface area contributed by atoms with Gasteiger partial charge in [-0.3, -0.25) is 0 Å². The fourth-order valence-electron chi connectivity index (χ4n) is 2.09. The topological polar surface area (TPSA) is 51.4 Å². The van der Waals surface area contributed by atoms with Gasteiger partial charge in [-0.2, -0.15) is 0 Å². The molecule has 2 aromatic heterocycles. The predicted octanol–water partition coefficient (Wildman–Crippen LogP) is 2.50. The summed E-state index contributed by atoms with van der Waals surface area (Å²) < 4.78 is 17.7. The summed E-state index contributed by atoms with van der Waals surface area (Å²) in [7, 11) is 0. The smallest absolute Gasteiger partial charge is 0.178 e. The Labute approximate surface area is 113 Å². The van der Waals surface area contributed by atoms with Gasteiger partial charge in [0.2, 0.25) is 0 Å². The molecule has 3 rings (SSSR count). The van der Waals surface area contributed by atoms with E-state index in [0.29, 0.717) is 11.3 Å². The fourth-order valence-corrected chi connectivity index (χ4v) is 2.36. The van der Waals surface area contributed by atoms with E-state index in [1.54, 1.807) is 12.4 Å². The van der Waals surface area contributed by atoms with Crippen LogP contribution in [0.2, 0.25) is 0 Å². The van der Waals surface area contributed by atoms with Gasteiger partial charge in [0.25, 0.3) is 0 Å². The van der Waals surface area contributed by atoms with Crippen LogP contribution in [0.4, 0.5) is 4.39 Å². The molecule has 0 amide bonds. The highest BCUT2D eigenvalue weighted by Crippen LogP contribution is 2.16. The molecule has 0 aliphatic heterocycles. The third-order valence-corrected chi connectivity index (χ3v) is 3.40. The number of halogens is 1. The summed E-state index contributed by atoms with van der Waals surface area (Å²) in [5.74, 6) is 0.510. The zero-order valence-corrected chi connectivity index (χ0v) is 11.1. The van der Waals surface area contributed by atoms with Gasteiger partial charge in [-0.25, -0.2) is 4.39 Å². The summed E-state index contributed by atoms with van der Waals surface area (Å²) in [6.07, 6.45) is 1.67. The second-order valence-electron chi connectivity index (χ2n) is 4.21. The minimum atomic E-state index is -0.285. The number of fused-ring (bicyclic) bond motifs is 1. The highest BCUT2D eigenvalue weighted by atomic mass is 32.1. The third kappa shape index (κ3) is 2.06. The number of nitrogens with zero attached hydrogens (tertiary/aromatic N) is 4. The zero-order chi connectivity index (χ0) is 13.4. The molecule has 3 aromatic rings. The lowest BCUT2D eigenvalue weighted by atomic mass is 10.3. The predicted molar refractivity (Wildman–Crippen MR) is 71.9 cm³/mol. The minimum Gasteiger partial charge on any atom is -0.331 e. The summed E-state index contributed by atoms with van der Waals surface area (Å²) in [4.78, 5) is 3.06. The van der Waals surface area contributed by atoms with Crippen molar-refractivity contribution in [1.82, 2.24) is 24.3 Å². The van der Waals surface area contributed by atoms with Crippen molar-refractivity contribution < 1.29 is 4.39 Å². The van der Waals surface area contributed by atoms with Gasteiger partial charge in [-0.1, -0.05) is 0 Å². The Balaban J connectivity index is 2.12. The third-order valence-electron chi connectivity index (χ3n) is 3.07. The van der Waals surface area contributed by atoms with Crippen LogP contribution in [-0.2, 0) is 13.1 Å². The van der Waals surface area contributed by atoms with Crippen LogP contribution in [-0.4, -0.2) is 24.3 Å². The number of aromatic nitrogens is 5. The maximum atomic E-state index is 13.4. The maximum Gasteiger partial charge on any atom is 0.178 e. The molecule has 0 aliphatic carbocycles. The molecule has 1 N–H and O–H groups in total. The van der Waals surface area contributed by atoms with Crippen molar-refractivity contribution in [2.24, 2.45) is 0 Å². The van der Waals surface area contributed by atoms with Crippen LogP contribution in [0.5, 0.6) is 0 Å². The average Bonchev–Trinajstić information content (AvgIpc) is 2.96. The number of nitrogens with one attached hydrogen (secondary N) is 1. The van der Waals surface area contributed by atoms with Gasteiger partial charge in [0, 0.05) is 6.54 Å². The van der Waals surface area contributed by atoms with Crippen LogP contribution in [0, 0.1) is 10.6 Å². The van der Waals surface area contributed by atoms with E-state index in [-0.39, 0.29) is 5.82 Å². The molecule has 0 saturated carbocycles. The Morgan fingerprint density at radius 2 is 2.26 bits per heavy atom. The number of aromatic amines is 1. The van der Waals surface area contributed by atoms with Crippen molar-refractivity contribution in [3.63, 3.8) is 0 Å². The van der Waals surface area contributed by atoms with E-state index in [4.69, 9.17) is 12.2 Å². The van der Waals surface area contributed by atoms with Crippen LogP contribution in [0.3, 0.4) is 0 Å². The van der Waals surface area contributed by atoms with Crippen molar-refractivity contribution in [2.45, 2.75) is 20.0 Å². The van der Waals surface area contributed by atoms with Gasteiger partial charge in [-0.15, -0.1) is 10.2 Å². The first-order chi connectivity index (χ1) is 9.19.